The highest BCUT2D eigenvalue weighted by atomic mass is 14.5. The van der Waals surface area contributed by atoms with E-state index < -0.39 is 0 Å². The Bertz CT molecular complexity index is 1450. The summed E-state index contributed by atoms with van der Waals surface area (Å²) < 4.78 is 0. The second-order valence-electron chi connectivity index (χ2n) is 16.8. The molecule has 0 aromatic heterocycles. The number of anilines is 2. The Kier molecular flexibility index (Phi) is 21.8. The minimum Gasteiger partial charge on any atom is -0.399 e. The highest BCUT2D eigenvalue weighted by Crippen LogP contribution is 2.24. The van der Waals surface area contributed by atoms with Crippen molar-refractivity contribution >= 4 is 11.4 Å². The molecule has 4 rings (SSSR count). The van der Waals surface area contributed by atoms with Crippen molar-refractivity contribution in [3.63, 3.8) is 0 Å². The fraction of sp³-hybridized carbons (Fsp3) is 0.547. The van der Waals surface area contributed by atoms with Crippen molar-refractivity contribution in [2.24, 2.45) is 0 Å². The molecule has 0 aliphatic carbocycles. The third kappa shape index (κ3) is 18.3. The molecule has 0 aliphatic rings. The molecule has 0 atom stereocenters. The molecule has 0 amide bonds. The molecule has 0 bridgehead atoms. The van der Waals surface area contributed by atoms with Crippen LogP contribution in [0.4, 0.5) is 11.4 Å². The van der Waals surface area contributed by atoms with E-state index in [1.807, 2.05) is 24.3 Å². The molecule has 2 nitrogen and oxygen atoms in total. The van der Waals surface area contributed by atoms with Gasteiger partial charge in [-0.25, -0.2) is 0 Å². The van der Waals surface area contributed by atoms with Gasteiger partial charge in [0.25, 0.3) is 0 Å². The Morgan fingerprint density at radius 3 is 0.909 bits per heavy atom. The van der Waals surface area contributed by atoms with Crippen LogP contribution >= 0.6 is 0 Å². The molecule has 2 heteroatoms. The Hall–Kier alpha value is -3.52. The van der Waals surface area contributed by atoms with Crippen LogP contribution in [0, 0.1) is 0 Å². The standard InChI is InChI=1S/C53H78N2/c1-3-5-20-26-48-40-44(28-34-50(48)42-46-30-36-52(54)37-31-46)24-22-18-16-14-12-10-8-7-9-11-13-15-17-19-23-25-45-29-35-51(49(41-45)27-21-6-4-2)43-47-32-38-53(55)39-33-47/h28-41H,3-27,42-43,54-55H2,1-2H3. The van der Waals surface area contributed by atoms with Gasteiger partial charge in [-0.15, -0.1) is 0 Å². The predicted molar refractivity (Wildman–Crippen MR) is 243 cm³/mol. The number of hydrogen-bond donors (Lipinski definition) is 2. The van der Waals surface area contributed by atoms with Crippen molar-refractivity contribution in [3.8, 4) is 0 Å². The van der Waals surface area contributed by atoms with Gasteiger partial charge in [0.2, 0.25) is 0 Å². The first-order valence-electron chi connectivity index (χ1n) is 22.9. The Balaban J connectivity index is 0.988. The van der Waals surface area contributed by atoms with E-state index in [1.165, 1.54) is 194 Å². The van der Waals surface area contributed by atoms with Crippen LogP contribution in [0.25, 0.3) is 0 Å². The van der Waals surface area contributed by atoms with Crippen LogP contribution in [0.1, 0.15) is 193 Å². The maximum absolute atomic E-state index is 5.92. The lowest BCUT2D eigenvalue weighted by Crippen LogP contribution is -1.99. The summed E-state index contributed by atoms with van der Waals surface area (Å²) in [6.45, 7) is 4.60. The van der Waals surface area contributed by atoms with Crippen molar-refractivity contribution in [2.45, 2.75) is 187 Å². The second kappa shape index (κ2) is 27.1. The third-order valence-corrected chi connectivity index (χ3v) is 11.8. The fourth-order valence-corrected chi connectivity index (χ4v) is 8.28. The van der Waals surface area contributed by atoms with Gasteiger partial charge in [-0.1, -0.05) is 184 Å². The van der Waals surface area contributed by atoms with E-state index in [1.54, 1.807) is 11.1 Å². The molecule has 55 heavy (non-hydrogen) atoms. The van der Waals surface area contributed by atoms with Crippen molar-refractivity contribution in [1.82, 2.24) is 0 Å². The van der Waals surface area contributed by atoms with Crippen LogP contribution in [0.3, 0.4) is 0 Å². The van der Waals surface area contributed by atoms with Gasteiger partial charge < -0.3 is 11.5 Å². The maximum Gasteiger partial charge on any atom is 0.0314 e. The van der Waals surface area contributed by atoms with E-state index in [0.717, 1.165) is 24.2 Å². The second-order valence-corrected chi connectivity index (χ2v) is 16.8. The van der Waals surface area contributed by atoms with Gasteiger partial charge in [-0.2, -0.15) is 0 Å². The van der Waals surface area contributed by atoms with Gasteiger partial charge in [0, 0.05) is 11.4 Å². The zero-order valence-corrected chi connectivity index (χ0v) is 35.3. The minimum absolute atomic E-state index is 0.845. The average molecular weight is 743 g/mol. The first kappa shape index (κ1) is 44.2. The van der Waals surface area contributed by atoms with Crippen LogP contribution in [0.2, 0.25) is 0 Å². The van der Waals surface area contributed by atoms with Crippen LogP contribution < -0.4 is 11.5 Å². The number of hydrogen-bond acceptors (Lipinski definition) is 2. The highest BCUT2D eigenvalue weighted by Gasteiger charge is 2.08. The molecule has 0 fully saturated rings. The van der Waals surface area contributed by atoms with Gasteiger partial charge >= 0.3 is 0 Å². The lowest BCUT2D eigenvalue weighted by molar-refractivity contribution is 0.530. The van der Waals surface area contributed by atoms with Gasteiger partial charge in [0.05, 0.1) is 0 Å². The van der Waals surface area contributed by atoms with Crippen LogP contribution in [-0.4, -0.2) is 0 Å². The largest absolute Gasteiger partial charge is 0.399 e. The van der Waals surface area contributed by atoms with Crippen LogP contribution in [0.15, 0.2) is 84.9 Å². The van der Waals surface area contributed by atoms with E-state index in [2.05, 4.69) is 74.5 Å². The molecular formula is C53H78N2. The van der Waals surface area contributed by atoms with Gasteiger partial charge in [0.1, 0.15) is 0 Å². The van der Waals surface area contributed by atoms with Crippen LogP contribution in [-0.2, 0) is 38.5 Å². The molecule has 0 unspecified atom stereocenters. The van der Waals surface area contributed by atoms with Gasteiger partial charge in [0.15, 0.2) is 0 Å². The molecule has 4 N–H and O–H groups in total. The summed E-state index contributed by atoms with van der Waals surface area (Å²) >= 11 is 0. The molecule has 0 saturated heterocycles. The number of benzene rings is 4. The number of unbranched alkanes of at least 4 members (excludes halogenated alkanes) is 18. The third-order valence-electron chi connectivity index (χ3n) is 11.8. The van der Waals surface area contributed by atoms with Gasteiger partial charge in [-0.3, -0.25) is 0 Å². The first-order chi connectivity index (χ1) is 27.0. The number of nitrogens with two attached hydrogens (primary N) is 2. The van der Waals surface area contributed by atoms with E-state index in [4.69, 9.17) is 11.5 Å². The SMILES string of the molecule is CCCCCc1cc(CCCCCCCCCCCCCCCCCc2ccc(Cc3ccc(N)cc3)c(CCCCC)c2)ccc1Cc1ccc(N)cc1. The topological polar surface area (TPSA) is 52.0 Å². The summed E-state index contributed by atoms with van der Waals surface area (Å²) in [5, 5.41) is 0. The lowest BCUT2D eigenvalue weighted by Gasteiger charge is -2.13. The summed E-state index contributed by atoms with van der Waals surface area (Å²) in [5.41, 5.74) is 25.4. The monoisotopic (exact) mass is 743 g/mol. The zero-order chi connectivity index (χ0) is 38.8. The molecular weight excluding hydrogens is 665 g/mol. The number of rotatable bonds is 30. The predicted octanol–water partition coefficient (Wildman–Crippen LogP) is 15.1. The minimum atomic E-state index is 0.845. The Morgan fingerprint density at radius 2 is 0.582 bits per heavy atom. The van der Waals surface area contributed by atoms with Crippen molar-refractivity contribution in [2.75, 3.05) is 11.5 Å². The fourth-order valence-electron chi connectivity index (χ4n) is 8.28. The average Bonchev–Trinajstić information content (AvgIpc) is 3.19. The van der Waals surface area contributed by atoms with Crippen molar-refractivity contribution in [1.29, 1.82) is 0 Å². The van der Waals surface area contributed by atoms with E-state index >= 15 is 0 Å². The zero-order valence-electron chi connectivity index (χ0n) is 35.3. The lowest BCUT2D eigenvalue weighted by atomic mass is 9.93. The maximum atomic E-state index is 5.92. The summed E-state index contributed by atoms with van der Waals surface area (Å²) in [6, 6.07) is 31.5. The smallest absolute Gasteiger partial charge is 0.0314 e. The first-order valence-corrected chi connectivity index (χ1v) is 22.9. The van der Waals surface area contributed by atoms with Crippen molar-refractivity contribution < 1.29 is 0 Å². The summed E-state index contributed by atoms with van der Waals surface area (Å²) in [6.07, 6.45) is 35.7. The normalized spacial score (nSPS) is 11.4. The highest BCUT2D eigenvalue weighted by molar-refractivity contribution is 5.43. The van der Waals surface area contributed by atoms with E-state index in [9.17, 15) is 0 Å². The molecule has 0 saturated carbocycles. The van der Waals surface area contributed by atoms with Gasteiger partial charge in [-0.05, 0) is 133 Å². The molecule has 0 radical (unpaired) electrons. The number of nitrogen functional groups attached to an aromatic ring is 2. The summed E-state index contributed by atoms with van der Waals surface area (Å²) in [4.78, 5) is 0. The molecule has 4 aromatic rings. The molecule has 0 aliphatic heterocycles. The van der Waals surface area contributed by atoms with Crippen LogP contribution in [0.5, 0.6) is 0 Å². The molecule has 300 valence electrons. The molecule has 0 spiro atoms. The van der Waals surface area contributed by atoms with E-state index in [-0.39, 0.29) is 0 Å². The molecule has 0 heterocycles. The Labute approximate surface area is 338 Å². The molecule has 4 aromatic carbocycles. The number of aryl methyl sites for hydroxylation is 4. The van der Waals surface area contributed by atoms with E-state index in [0.29, 0.717) is 0 Å². The van der Waals surface area contributed by atoms with Crippen molar-refractivity contribution in [3.05, 3.63) is 129 Å². The Morgan fingerprint density at radius 1 is 0.291 bits per heavy atom. The summed E-state index contributed by atoms with van der Waals surface area (Å²) in [5.74, 6) is 0. The summed E-state index contributed by atoms with van der Waals surface area (Å²) in [7, 11) is 0. The quantitative estimate of drug-likeness (QED) is 0.0413.